The van der Waals surface area contributed by atoms with Crippen molar-refractivity contribution in [3.05, 3.63) is 53.6 Å². The van der Waals surface area contributed by atoms with E-state index in [1.165, 1.54) is 29.7 Å². The van der Waals surface area contributed by atoms with Crippen LogP contribution in [0.1, 0.15) is 36.8 Å². The lowest BCUT2D eigenvalue weighted by Gasteiger charge is -2.37. The van der Waals surface area contributed by atoms with E-state index in [2.05, 4.69) is 85.5 Å². The lowest BCUT2D eigenvalue weighted by atomic mass is 9.93. The molecule has 0 saturated heterocycles. The van der Waals surface area contributed by atoms with Crippen LogP contribution in [0.15, 0.2) is 47.5 Å². The zero-order chi connectivity index (χ0) is 19.9. The molecule has 0 unspecified atom stereocenters. The third-order valence-electron chi connectivity index (χ3n) is 6.05. The fraction of sp³-hybridized carbons (Fsp3) is 0.391. The molecular weight excluding hydrogens is 364 g/mol. The molecule has 0 atom stereocenters. The van der Waals surface area contributed by atoms with Crippen LogP contribution in [0.25, 0.3) is 0 Å². The van der Waals surface area contributed by atoms with Gasteiger partial charge in [-0.25, -0.2) is 4.99 Å². The Balaban J connectivity index is 1.71. The van der Waals surface area contributed by atoms with E-state index in [0.717, 1.165) is 30.1 Å². The molecule has 0 amide bonds. The highest BCUT2D eigenvalue weighted by Crippen LogP contribution is 2.44. The van der Waals surface area contributed by atoms with Crippen molar-refractivity contribution in [2.45, 2.75) is 45.1 Å². The molecule has 1 heterocycles. The summed E-state index contributed by atoms with van der Waals surface area (Å²) in [6, 6.07) is 15.0. The Morgan fingerprint density at radius 2 is 1.61 bits per heavy atom. The van der Waals surface area contributed by atoms with Gasteiger partial charge in [-0.1, -0.05) is 31.0 Å². The SMILES string of the molecule is Cc1cccc(C)c1NC1=NC(=S)N(c2ccc(N(C)C)cc2)C12CCCC2. The Kier molecular flexibility index (Phi) is 4.88. The van der Waals surface area contributed by atoms with Gasteiger partial charge in [-0.05, 0) is 74.3 Å². The predicted octanol–water partition coefficient (Wildman–Crippen LogP) is 5.30. The summed E-state index contributed by atoms with van der Waals surface area (Å²) in [5.74, 6) is 1.00. The molecule has 1 spiro atoms. The summed E-state index contributed by atoms with van der Waals surface area (Å²) in [6.07, 6.45) is 4.53. The summed E-state index contributed by atoms with van der Waals surface area (Å²) in [7, 11) is 4.12. The number of benzene rings is 2. The number of aryl methyl sites for hydroxylation is 2. The van der Waals surface area contributed by atoms with Gasteiger partial charge >= 0.3 is 0 Å². The quantitative estimate of drug-likeness (QED) is 0.718. The zero-order valence-electron chi connectivity index (χ0n) is 17.1. The number of anilines is 3. The number of hydrogen-bond donors (Lipinski definition) is 1. The zero-order valence-corrected chi connectivity index (χ0v) is 17.9. The number of para-hydroxylation sites is 1. The van der Waals surface area contributed by atoms with Crippen LogP contribution in [0.2, 0.25) is 0 Å². The molecule has 2 aromatic rings. The average molecular weight is 393 g/mol. The van der Waals surface area contributed by atoms with E-state index in [4.69, 9.17) is 17.2 Å². The molecule has 1 fully saturated rings. The van der Waals surface area contributed by atoms with Crippen molar-refractivity contribution in [1.29, 1.82) is 0 Å². The van der Waals surface area contributed by atoms with Crippen LogP contribution in [-0.4, -0.2) is 30.6 Å². The molecule has 146 valence electrons. The first-order valence-corrected chi connectivity index (χ1v) is 10.4. The number of hydrogen-bond acceptors (Lipinski definition) is 3. The Morgan fingerprint density at radius 1 is 1.00 bits per heavy atom. The second kappa shape index (κ2) is 7.21. The first-order valence-electron chi connectivity index (χ1n) is 9.96. The van der Waals surface area contributed by atoms with Crippen LogP contribution in [0.3, 0.4) is 0 Å². The van der Waals surface area contributed by atoms with Gasteiger partial charge in [0.1, 0.15) is 11.4 Å². The predicted molar refractivity (Wildman–Crippen MR) is 124 cm³/mol. The van der Waals surface area contributed by atoms with Gasteiger partial charge in [-0.3, -0.25) is 0 Å². The average Bonchev–Trinajstić information content (AvgIpc) is 3.24. The highest BCUT2D eigenvalue weighted by Gasteiger charge is 2.50. The highest BCUT2D eigenvalue weighted by molar-refractivity contribution is 7.80. The number of aliphatic imine (C=N–C) groups is 1. The summed E-state index contributed by atoms with van der Waals surface area (Å²) in [5, 5.41) is 4.34. The van der Waals surface area contributed by atoms with Gasteiger partial charge in [0.15, 0.2) is 0 Å². The minimum atomic E-state index is -0.161. The van der Waals surface area contributed by atoms with E-state index in [0.29, 0.717) is 5.11 Å². The highest BCUT2D eigenvalue weighted by atomic mass is 32.1. The van der Waals surface area contributed by atoms with Gasteiger partial charge in [0.25, 0.3) is 0 Å². The number of nitrogens with one attached hydrogen (secondary N) is 1. The first-order chi connectivity index (χ1) is 13.4. The van der Waals surface area contributed by atoms with Crippen molar-refractivity contribution in [1.82, 2.24) is 0 Å². The maximum Gasteiger partial charge on any atom is 0.202 e. The van der Waals surface area contributed by atoms with Gasteiger partial charge in [0.05, 0.1) is 0 Å². The molecule has 4 nitrogen and oxygen atoms in total. The van der Waals surface area contributed by atoms with Crippen LogP contribution in [0, 0.1) is 13.8 Å². The van der Waals surface area contributed by atoms with Crippen molar-refractivity contribution in [3.8, 4) is 0 Å². The van der Waals surface area contributed by atoms with Crippen LogP contribution in [0.4, 0.5) is 17.1 Å². The van der Waals surface area contributed by atoms with Crippen molar-refractivity contribution in [3.63, 3.8) is 0 Å². The molecule has 1 saturated carbocycles. The summed E-state index contributed by atoms with van der Waals surface area (Å²) >= 11 is 5.76. The Morgan fingerprint density at radius 3 is 2.18 bits per heavy atom. The molecule has 4 rings (SSSR count). The third-order valence-corrected chi connectivity index (χ3v) is 6.32. The van der Waals surface area contributed by atoms with Gasteiger partial charge < -0.3 is 15.1 Å². The minimum Gasteiger partial charge on any atom is -0.378 e. The van der Waals surface area contributed by atoms with Gasteiger partial charge in [-0.15, -0.1) is 0 Å². The van der Waals surface area contributed by atoms with E-state index >= 15 is 0 Å². The maximum atomic E-state index is 5.76. The second-order valence-electron chi connectivity index (χ2n) is 8.12. The van der Waals surface area contributed by atoms with E-state index < -0.39 is 0 Å². The molecule has 2 aromatic carbocycles. The Labute approximate surface area is 173 Å². The summed E-state index contributed by atoms with van der Waals surface area (Å²) in [5.41, 5.74) is 5.76. The molecule has 1 aliphatic carbocycles. The largest absolute Gasteiger partial charge is 0.378 e. The topological polar surface area (TPSA) is 30.9 Å². The molecule has 0 aromatic heterocycles. The fourth-order valence-electron chi connectivity index (χ4n) is 4.49. The molecular formula is C23H28N4S. The number of nitrogens with zero attached hydrogens (tertiary/aromatic N) is 3. The van der Waals surface area contributed by atoms with Crippen molar-refractivity contribution in [2.24, 2.45) is 4.99 Å². The molecule has 5 heteroatoms. The summed E-state index contributed by atoms with van der Waals surface area (Å²) < 4.78 is 0. The number of amidine groups is 1. The lowest BCUT2D eigenvalue weighted by Crippen LogP contribution is -2.52. The van der Waals surface area contributed by atoms with Crippen molar-refractivity contribution < 1.29 is 0 Å². The van der Waals surface area contributed by atoms with E-state index in [9.17, 15) is 0 Å². The molecule has 1 N–H and O–H groups in total. The third kappa shape index (κ3) is 3.08. The standard InChI is InChI=1S/C23H28N4S/c1-16-8-7-9-17(2)20(16)24-21-23(14-5-6-15-23)27(22(28)25-21)19-12-10-18(11-13-19)26(3)4/h7-13H,5-6,14-15H2,1-4H3,(H,24,25,28). The van der Waals surface area contributed by atoms with Crippen LogP contribution in [0.5, 0.6) is 0 Å². The number of rotatable bonds is 3. The molecule has 0 bridgehead atoms. The summed E-state index contributed by atoms with van der Waals surface area (Å²) in [4.78, 5) is 9.26. The van der Waals surface area contributed by atoms with Gasteiger partial charge in [0.2, 0.25) is 5.11 Å². The molecule has 1 aliphatic heterocycles. The Bertz CT molecular complexity index is 904. The molecule has 28 heavy (non-hydrogen) atoms. The Hall–Kier alpha value is -2.40. The van der Waals surface area contributed by atoms with Crippen LogP contribution < -0.4 is 15.1 Å². The van der Waals surface area contributed by atoms with Crippen LogP contribution in [-0.2, 0) is 0 Å². The fourth-order valence-corrected chi connectivity index (χ4v) is 4.86. The van der Waals surface area contributed by atoms with E-state index in [1.807, 2.05) is 0 Å². The smallest absolute Gasteiger partial charge is 0.202 e. The van der Waals surface area contributed by atoms with Crippen LogP contribution >= 0.6 is 12.2 Å². The lowest BCUT2D eigenvalue weighted by molar-refractivity contribution is 0.595. The van der Waals surface area contributed by atoms with Gasteiger partial charge in [-0.2, -0.15) is 0 Å². The first kappa shape index (κ1) is 18.9. The van der Waals surface area contributed by atoms with E-state index in [1.54, 1.807) is 0 Å². The summed E-state index contributed by atoms with van der Waals surface area (Å²) in [6.45, 7) is 4.28. The number of thiocarbonyl (C=S) groups is 1. The normalized spacial score (nSPS) is 17.9. The maximum absolute atomic E-state index is 5.76. The minimum absolute atomic E-state index is 0.161. The molecule has 0 radical (unpaired) electrons. The van der Waals surface area contributed by atoms with E-state index in [-0.39, 0.29) is 5.54 Å². The van der Waals surface area contributed by atoms with Gasteiger partial charge in [0, 0.05) is 31.2 Å². The van der Waals surface area contributed by atoms with Crippen molar-refractivity contribution in [2.75, 3.05) is 29.2 Å². The molecule has 2 aliphatic rings. The van der Waals surface area contributed by atoms with Crippen molar-refractivity contribution >= 4 is 40.2 Å². The monoisotopic (exact) mass is 392 g/mol. The second-order valence-corrected chi connectivity index (χ2v) is 8.48.